The maximum atomic E-state index is 12.8. The van der Waals surface area contributed by atoms with Gasteiger partial charge in [-0.2, -0.15) is 0 Å². The van der Waals surface area contributed by atoms with Gasteiger partial charge in [0, 0.05) is 31.9 Å². The van der Waals surface area contributed by atoms with Gasteiger partial charge in [-0.3, -0.25) is 9.59 Å². The Hall–Kier alpha value is -3.16. The average Bonchev–Trinajstić information content (AvgIpc) is 2.68. The Labute approximate surface area is 164 Å². The Kier molecular flexibility index (Phi) is 6.08. The molecule has 0 radical (unpaired) electrons. The fraction of sp³-hybridized carbons (Fsp3) is 0.400. The lowest BCUT2D eigenvalue weighted by Gasteiger charge is -2.32. The second-order valence-electron chi connectivity index (χ2n) is 6.94. The molecule has 148 valence electrons. The van der Waals surface area contributed by atoms with Crippen molar-refractivity contribution < 1.29 is 14.3 Å². The summed E-state index contributed by atoms with van der Waals surface area (Å²) in [6.45, 7) is 8.19. The van der Waals surface area contributed by atoms with Crippen LogP contribution in [0.2, 0.25) is 0 Å². The minimum Gasteiger partial charge on any atom is -0.489 e. The molecule has 3 rings (SSSR count). The highest BCUT2D eigenvalue weighted by Gasteiger charge is 2.20. The summed E-state index contributed by atoms with van der Waals surface area (Å²) in [6.07, 6.45) is 0.847. The van der Waals surface area contributed by atoms with Crippen molar-refractivity contribution in [3.63, 3.8) is 0 Å². The number of para-hydroxylation sites is 2. The van der Waals surface area contributed by atoms with Crippen LogP contribution in [0.1, 0.15) is 30.0 Å². The monoisotopic (exact) mass is 383 g/mol. The van der Waals surface area contributed by atoms with Crippen LogP contribution < -0.4 is 15.0 Å². The lowest BCUT2D eigenvalue weighted by molar-refractivity contribution is -0.118. The van der Waals surface area contributed by atoms with E-state index in [0.717, 1.165) is 6.41 Å². The van der Waals surface area contributed by atoms with Gasteiger partial charge >= 0.3 is 0 Å². The number of benzene rings is 1. The summed E-state index contributed by atoms with van der Waals surface area (Å²) in [4.78, 5) is 36.3. The first kappa shape index (κ1) is 19.6. The predicted molar refractivity (Wildman–Crippen MR) is 107 cm³/mol. The molecule has 8 nitrogen and oxygen atoms in total. The van der Waals surface area contributed by atoms with E-state index in [1.54, 1.807) is 17.0 Å². The highest BCUT2D eigenvalue weighted by molar-refractivity contribution is 6.03. The van der Waals surface area contributed by atoms with Gasteiger partial charge in [0.1, 0.15) is 11.4 Å². The van der Waals surface area contributed by atoms with Crippen molar-refractivity contribution in [3.05, 3.63) is 41.7 Å². The molecule has 1 aliphatic heterocycles. The standard InChI is InChI=1S/C20H25N5O3/c1-14(2)28-18-7-5-4-6-16(18)22-19(27)17-12-15(3)21-20(23-17)25-10-8-24(13-26)9-11-25/h4-7,12-14H,8-11H2,1-3H3,(H,22,27). The van der Waals surface area contributed by atoms with Gasteiger partial charge in [0.2, 0.25) is 12.4 Å². The Bertz CT molecular complexity index is 847. The number of aryl methyl sites for hydroxylation is 1. The zero-order valence-electron chi connectivity index (χ0n) is 16.4. The van der Waals surface area contributed by atoms with Crippen LogP contribution in [0.15, 0.2) is 30.3 Å². The van der Waals surface area contributed by atoms with Crippen LogP contribution in [-0.2, 0) is 4.79 Å². The Morgan fingerprint density at radius 2 is 1.89 bits per heavy atom. The number of piperazine rings is 1. The molecule has 0 bridgehead atoms. The van der Waals surface area contributed by atoms with E-state index in [9.17, 15) is 9.59 Å². The van der Waals surface area contributed by atoms with E-state index in [4.69, 9.17) is 4.74 Å². The normalized spacial score (nSPS) is 14.1. The summed E-state index contributed by atoms with van der Waals surface area (Å²) in [6, 6.07) is 8.97. The van der Waals surface area contributed by atoms with E-state index in [1.165, 1.54) is 0 Å². The third-order valence-electron chi connectivity index (χ3n) is 4.32. The van der Waals surface area contributed by atoms with Crippen LogP contribution in [0, 0.1) is 6.92 Å². The van der Waals surface area contributed by atoms with Gasteiger partial charge in [0.05, 0.1) is 11.8 Å². The number of ether oxygens (including phenoxy) is 1. The van der Waals surface area contributed by atoms with Crippen molar-refractivity contribution in [3.8, 4) is 5.75 Å². The summed E-state index contributed by atoms with van der Waals surface area (Å²) in [7, 11) is 0. The number of rotatable bonds is 6. The predicted octanol–water partition coefficient (Wildman–Crippen LogP) is 2.10. The van der Waals surface area contributed by atoms with Gasteiger partial charge in [0.25, 0.3) is 5.91 Å². The first-order chi connectivity index (χ1) is 13.5. The van der Waals surface area contributed by atoms with E-state index < -0.39 is 0 Å². The van der Waals surface area contributed by atoms with Crippen molar-refractivity contribution in [1.29, 1.82) is 0 Å². The molecule has 1 fully saturated rings. The van der Waals surface area contributed by atoms with E-state index in [0.29, 0.717) is 55.0 Å². The van der Waals surface area contributed by atoms with Gasteiger partial charge in [-0.25, -0.2) is 9.97 Å². The summed E-state index contributed by atoms with van der Waals surface area (Å²) >= 11 is 0. The van der Waals surface area contributed by atoms with E-state index >= 15 is 0 Å². The molecule has 0 unspecified atom stereocenters. The molecular weight excluding hydrogens is 358 g/mol. The molecule has 1 saturated heterocycles. The molecule has 1 aromatic heterocycles. The third-order valence-corrected chi connectivity index (χ3v) is 4.32. The molecule has 2 heterocycles. The third kappa shape index (κ3) is 4.76. The SMILES string of the molecule is Cc1cc(C(=O)Nc2ccccc2OC(C)C)nc(N2CCN(C=O)CC2)n1. The van der Waals surface area contributed by atoms with Crippen molar-refractivity contribution in [2.24, 2.45) is 0 Å². The quantitative estimate of drug-likeness (QED) is 0.769. The molecule has 1 aromatic carbocycles. The molecule has 0 aliphatic carbocycles. The molecule has 1 N–H and O–H groups in total. The van der Waals surface area contributed by atoms with Crippen molar-refractivity contribution in [1.82, 2.24) is 14.9 Å². The van der Waals surface area contributed by atoms with Crippen molar-refractivity contribution >= 4 is 24.0 Å². The fourth-order valence-corrected chi connectivity index (χ4v) is 2.95. The smallest absolute Gasteiger partial charge is 0.274 e. The Morgan fingerprint density at radius 1 is 1.18 bits per heavy atom. The van der Waals surface area contributed by atoms with Gasteiger partial charge in [-0.1, -0.05) is 12.1 Å². The van der Waals surface area contributed by atoms with Crippen LogP contribution in [0.3, 0.4) is 0 Å². The molecule has 0 saturated carbocycles. The van der Waals surface area contributed by atoms with E-state index in [1.807, 2.05) is 43.9 Å². The molecule has 0 atom stereocenters. The van der Waals surface area contributed by atoms with Crippen LogP contribution in [0.5, 0.6) is 5.75 Å². The van der Waals surface area contributed by atoms with Gasteiger partial charge in [-0.15, -0.1) is 0 Å². The molecule has 28 heavy (non-hydrogen) atoms. The Morgan fingerprint density at radius 3 is 2.57 bits per heavy atom. The number of nitrogens with one attached hydrogen (secondary N) is 1. The molecule has 0 spiro atoms. The molecule has 1 aliphatic rings. The number of nitrogens with zero attached hydrogens (tertiary/aromatic N) is 4. The lowest BCUT2D eigenvalue weighted by Crippen LogP contribution is -2.46. The minimum absolute atomic E-state index is 0.00372. The summed E-state index contributed by atoms with van der Waals surface area (Å²) < 4.78 is 5.76. The van der Waals surface area contributed by atoms with Crippen molar-refractivity contribution in [2.75, 3.05) is 36.4 Å². The van der Waals surface area contributed by atoms with Crippen LogP contribution >= 0.6 is 0 Å². The fourth-order valence-electron chi connectivity index (χ4n) is 2.95. The number of carbonyl (C=O) groups excluding carboxylic acids is 2. The number of anilines is 2. The topological polar surface area (TPSA) is 87.7 Å². The highest BCUT2D eigenvalue weighted by atomic mass is 16.5. The Balaban J connectivity index is 1.78. The zero-order valence-corrected chi connectivity index (χ0v) is 16.4. The number of hydrogen-bond acceptors (Lipinski definition) is 6. The number of aromatic nitrogens is 2. The number of carbonyl (C=O) groups is 2. The van der Waals surface area contributed by atoms with Gasteiger partial charge < -0.3 is 19.9 Å². The van der Waals surface area contributed by atoms with Crippen LogP contribution in [0.25, 0.3) is 0 Å². The molecule has 8 heteroatoms. The average molecular weight is 383 g/mol. The van der Waals surface area contributed by atoms with Gasteiger partial charge in [0.15, 0.2) is 0 Å². The second kappa shape index (κ2) is 8.69. The zero-order chi connectivity index (χ0) is 20.1. The molecule has 2 aromatic rings. The highest BCUT2D eigenvalue weighted by Crippen LogP contribution is 2.25. The molecule has 2 amide bonds. The van der Waals surface area contributed by atoms with Crippen LogP contribution in [-0.4, -0.2) is 59.5 Å². The number of hydrogen-bond donors (Lipinski definition) is 1. The van der Waals surface area contributed by atoms with E-state index in [2.05, 4.69) is 15.3 Å². The summed E-state index contributed by atoms with van der Waals surface area (Å²) in [5, 5.41) is 2.88. The van der Waals surface area contributed by atoms with Crippen LogP contribution in [0.4, 0.5) is 11.6 Å². The maximum Gasteiger partial charge on any atom is 0.274 e. The molecular formula is C20H25N5O3. The summed E-state index contributed by atoms with van der Waals surface area (Å²) in [5.74, 6) is 0.794. The maximum absolute atomic E-state index is 12.8. The summed E-state index contributed by atoms with van der Waals surface area (Å²) in [5.41, 5.74) is 1.60. The first-order valence-corrected chi connectivity index (χ1v) is 9.33. The van der Waals surface area contributed by atoms with Gasteiger partial charge in [-0.05, 0) is 39.0 Å². The first-order valence-electron chi connectivity index (χ1n) is 9.33. The number of amides is 2. The van der Waals surface area contributed by atoms with E-state index in [-0.39, 0.29) is 12.0 Å². The van der Waals surface area contributed by atoms with Crippen molar-refractivity contribution in [2.45, 2.75) is 26.9 Å². The lowest BCUT2D eigenvalue weighted by atomic mass is 10.2. The second-order valence-corrected chi connectivity index (χ2v) is 6.94. The largest absolute Gasteiger partial charge is 0.489 e. The minimum atomic E-state index is -0.321.